The summed E-state index contributed by atoms with van der Waals surface area (Å²) in [6.45, 7) is 11.8. The maximum Gasteiger partial charge on any atom is 0.00900 e. The number of hydrogen-bond donors (Lipinski definition) is 0. The summed E-state index contributed by atoms with van der Waals surface area (Å²) in [5, 5.41) is 0. The van der Waals surface area contributed by atoms with Gasteiger partial charge in [-0.25, -0.2) is 0 Å². The van der Waals surface area contributed by atoms with E-state index in [4.69, 9.17) is 0 Å². The molecular weight excluding hydrogens is 204 g/mol. The second-order valence-electron chi connectivity index (χ2n) is 4.19. The Morgan fingerprint density at radius 3 is 2.71 bits per heavy atom. The van der Waals surface area contributed by atoms with Gasteiger partial charge in [0.25, 0.3) is 0 Å². The van der Waals surface area contributed by atoms with Gasteiger partial charge in [0.15, 0.2) is 0 Å². The second-order valence-corrected chi connectivity index (χ2v) is 4.19. The van der Waals surface area contributed by atoms with Gasteiger partial charge in [0.2, 0.25) is 0 Å². The van der Waals surface area contributed by atoms with Crippen molar-refractivity contribution in [1.82, 2.24) is 0 Å². The molecule has 0 aromatic rings. The summed E-state index contributed by atoms with van der Waals surface area (Å²) in [6.07, 6.45) is 17.8. The van der Waals surface area contributed by atoms with E-state index in [1.54, 1.807) is 0 Å². The first kappa shape index (κ1) is 13.5. The van der Waals surface area contributed by atoms with Crippen LogP contribution in [0, 0.1) is 11.8 Å². The van der Waals surface area contributed by atoms with Crippen LogP contribution in [0.15, 0.2) is 72.9 Å². The summed E-state index contributed by atoms with van der Waals surface area (Å²) in [6, 6.07) is 0. The summed E-state index contributed by atoms with van der Waals surface area (Å²) in [4.78, 5) is 0. The Bertz CT molecular complexity index is 388. The lowest BCUT2D eigenvalue weighted by Crippen LogP contribution is -2.00. The average molecular weight is 226 g/mol. The second kappa shape index (κ2) is 6.90. The van der Waals surface area contributed by atoms with Crippen molar-refractivity contribution in [3.8, 4) is 0 Å². The van der Waals surface area contributed by atoms with Gasteiger partial charge >= 0.3 is 0 Å². The van der Waals surface area contributed by atoms with Crippen LogP contribution in [-0.2, 0) is 0 Å². The van der Waals surface area contributed by atoms with Crippen molar-refractivity contribution in [2.24, 2.45) is 11.8 Å². The molecule has 1 aliphatic carbocycles. The number of rotatable bonds is 7. The molecule has 0 saturated heterocycles. The molecule has 0 nitrogen and oxygen atoms in total. The van der Waals surface area contributed by atoms with Crippen LogP contribution >= 0.6 is 0 Å². The van der Waals surface area contributed by atoms with Crippen molar-refractivity contribution < 1.29 is 0 Å². The van der Waals surface area contributed by atoms with Gasteiger partial charge in [0, 0.05) is 5.92 Å². The van der Waals surface area contributed by atoms with Crippen molar-refractivity contribution in [3.05, 3.63) is 72.9 Å². The Morgan fingerprint density at radius 1 is 1.41 bits per heavy atom. The molecule has 0 heteroatoms. The van der Waals surface area contributed by atoms with Gasteiger partial charge in [-0.05, 0) is 30.4 Å². The van der Waals surface area contributed by atoms with E-state index in [0.29, 0.717) is 11.8 Å². The van der Waals surface area contributed by atoms with E-state index >= 15 is 0 Å². The highest BCUT2D eigenvalue weighted by molar-refractivity contribution is 5.53. The Labute approximate surface area is 105 Å². The van der Waals surface area contributed by atoms with Crippen molar-refractivity contribution in [3.63, 3.8) is 0 Å². The molecule has 0 heterocycles. The largest absolute Gasteiger partial charge is 0.0991 e. The molecule has 17 heavy (non-hydrogen) atoms. The number of hydrogen-bond acceptors (Lipinski definition) is 0. The molecule has 1 aliphatic rings. The van der Waals surface area contributed by atoms with Crippen LogP contribution in [0.5, 0.6) is 0 Å². The maximum atomic E-state index is 3.88. The van der Waals surface area contributed by atoms with Crippen molar-refractivity contribution in [2.75, 3.05) is 0 Å². The molecule has 0 N–H and O–H groups in total. The minimum absolute atomic E-state index is 0.589. The molecule has 0 bridgehead atoms. The molecular formula is C17H22. The van der Waals surface area contributed by atoms with Gasteiger partial charge < -0.3 is 0 Å². The lowest BCUT2D eigenvalue weighted by atomic mass is 9.94. The van der Waals surface area contributed by atoms with E-state index in [1.807, 2.05) is 31.2 Å². The molecule has 0 saturated carbocycles. The molecule has 0 spiro atoms. The summed E-state index contributed by atoms with van der Waals surface area (Å²) >= 11 is 0. The zero-order valence-electron chi connectivity index (χ0n) is 10.9. The van der Waals surface area contributed by atoms with E-state index in [2.05, 4.69) is 44.4 Å². The third-order valence-corrected chi connectivity index (χ3v) is 3.06. The lowest BCUT2D eigenvalue weighted by Gasteiger charge is -2.10. The molecule has 90 valence electrons. The summed E-state index contributed by atoms with van der Waals surface area (Å²) in [5.74, 6) is 1.18. The molecule has 1 rings (SSSR count). The van der Waals surface area contributed by atoms with Crippen LogP contribution in [0.2, 0.25) is 0 Å². The highest BCUT2D eigenvalue weighted by Crippen LogP contribution is 2.43. The maximum absolute atomic E-state index is 3.88. The van der Waals surface area contributed by atoms with Crippen LogP contribution in [0.3, 0.4) is 0 Å². The van der Waals surface area contributed by atoms with E-state index in [-0.39, 0.29) is 0 Å². The van der Waals surface area contributed by atoms with Gasteiger partial charge in [0.1, 0.15) is 0 Å². The van der Waals surface area contributed by atoms with E-state index in [1.165, 1.54) is 11.1 Å². The SMILES string of the molecule is C=C/C=C\C(CC)C1C=C1/C(C=C)=C/C=C\C. The summed E-state index contributed by atoms with van der Waals surface area (Å²) in [5.41, 5.74) is 2.68. The van der Waals surface area contributed by atoms with E-state index in [9.17, 15) is 0 Å². The van der Waals surface area contributed by atoms with Gasteiger partial charge in [-0.2, -0.15) is 0 Å². The predicted octanol–water partition coefficient (Wildman–Crippen LogP) is 5.00. The Kier molecular flexibility index (Phi) is 5.48. The topological polar surface area (TPSA) is 0 Å². The lowest BCUT2D eigenvalue weighted by molar-refractivity contribution is 0.575. The van der Waals surface area contributed by atoms with Gasteiger partial charge in [-0.3, -0.25) is 0 Å². The van der Waals surface area contributed by atoms with Crippen LogP contribution in [0.25, 0.3) is 0 Å². The van der Waals surface area contributed by atoms with Crippen LogP contribution in [0.1, 0.15) is 20.3 Å². The summed E-state index contributed by atoms with van der Waals surface area (Å²) in [7, 11) is 0. The normalized spacial score (nSPS) is 21.6. The quantitative estimate of drug-likeness (QED) is 0.536. The first-order chi connectivity index (χ1) is 8.28. The van der Waals surface area contributed by atoms with Gasteiger partial charge in [-0.15, -0.1) is 0 Å². The summed E-state index contributed by atoms with van der Waals surface area (Å²) < 4.78 is 0. The Balaban J connectivity index is 2.67. The fourth-order valence-corrected chi connectivity index (χ4v) is 2.00. The molecule has 0 fully saturated rings. The Hall–Kier alpha value is -1.56. The monoisotopic (exact) mass is 226 g/mol. The molecule has 0 aromatic heterocycles. The number of allylic oxidation sites excluding steroid dienone is 10. The minimum Gasteiger partial charge on any atom is -0.0991 e. The van der Waals surface area contributed by atoms with E-state index < -0.39 is 0 Å². The smallest absolute Gasteiger partial charge is 0.00900 e. The molecule has 0 aliphatic heterocycles. The third kappa shape index (κ3) is 3.74. The molecule has 0 aromatic carbocycles. The zero-order chi connectivity index (χ0) is 12.7. The van der Waals surface area contributed by atoms with Crippen LogP contribution in [-0.4, -0.2) is 0 Å². The fraction of sp³-hybridized carbons (Fsp3) is 0.294. The molecule has 2 unspecified atom stereocenters. The third-order valence-electron chi connectivity index (χ3n) is 3.06. The zero-order valence-corrected chi connectivity index (χ0v) is 10.9. The van der Waals surface area contributed by atoms with Crippen molar-refractivity contribution in [2.45, 2.75) is 20.3 Å². The first-order valence-electron chi connectivity index (χ1n) is 6.25. The van der Waals surface area contributed by atoms with Crippen molar-refractivity contribution in [1.29, 1.82) is 0 Å². The molecule has 0 amide bonds. The predicted molar refractivity (Wildman–Crippen MR) is 77.8 cm³/mol. The standard InChI is InChI=1S/C17H22/c1-5-9-11-14(7-3)16-13-17(16)15(8-4)12-10-6-2/h5-6,8-14,16H,1,4,7H2,2-3H3/b10-6-,11-9-,15-12+. The molecule has 2 atom stereocenters. The van der Waals surface area contributed by atoms with E-state index in [0.717, 1.165) is 6.42 Å². The van der Waals surface area contributed by atoms with Crippen LogP contribution in [0.4, 0.5) is 0 Å². The average Bonchev–Trinajstić information content (AvgIpc) is 3.12. The highest BCUT2D eigenvalue weighted by atomic mass is 14.3. The fourth-order valence-electron chi connectivity index (χ4n) is 2.00. The highest BCUT2D eigenvalue weighted by Gasteiger charge is 2.31. The van der Waals surface area contributed by atoms with Gasteiger partial charge in [0.05, 0.1) is 0 Å². The molecule has 0 radical (unpaired) electrons. The first-order valence-corrected chi connectivity index (χ1v) is 6.25. The minimum atomic E-state index is 0.589. The Morgan fingerprint density at radius 2 is 2.18 bits per heavy atom. The van der Waals surface area contributed by atoms with Gasteiger partial charge in [-0.1, -0.05) is 68.7 Å². The van der Waals surface area contributed by atoms with Crippen molar-refractivity contribution >= 4 is 0 Å². The van der Waals surface area contributed by atoms with Crippen LogP contribution < -0.4 is 0 Å².